The van der Waals surface area contributed by atoms with Crippen LogP contribution in [0.25, 0.3) is 10.9 Å². The number of anilines is 2. The van der Waals surface area contributed by atoms with Crippen molar-refractivity contribution in [3.05, 3.63) is 48.3 Å². The average Bonchev–Trinajstić information content (AvgIpc) is 2.93. The van der Waals surface area contributed by atoms with E-state index in [1.54, 1.807) is 12.3 Å². The maximum atomic E-state index is 12.4. The molecule has 6 nitrogen and oxygen atoms in total. The summed E-state index contributed by atoms with van der Waals surface area (Å²) in [7, 11) is -3.70. The van der Waals surface area contributed by atoms with Crippen LogP contribution in [0.2, 0.25) is 0 Å². The number of nitrogens with one attached hydrogen (secondary N) is 2. The first-order valence-electron chi connectivity index (χ1n) is 6.28. The van der Waals surface area contributed by atoms with Gasteiger partial charge in [-0.3, -0.25) is 4.72 Å². The van der Waals surface area contributed by atoms with Crippen molar-refractivity contribution in [2.24, 2.45) is 0 Å². The Morgan fingerprint density at radius 2 is 2.00 bits per heavy atom. The number of aromatic nitrogens is 2. The molecule has 3 aromatic rings. The minimum atomic E-state index is -3.70. The number of pyridine rings is 1. The summed E-state index contributed by atoms with van der Waals surface area (Å²) >= 11 is 0. The van der Waals surface area contributed by atoms with Gasteiger partial charge in [-0.1, -0.05) is 6.07 Å². The molecule has 0 amide bonds. The van der Waals surface area contributed by atoms with Crippen molar-refractivity contribution >= 4 is 32.4 Å². The van der Waals surface area contributed by atoms with Crippen LogP contribution >= 0.6 is 0 Å². The second kappa shape index (κ2) is 4.78. The van der Waals surface area contributed by atoms with E-state index >= 15 is 0 Å². The molecular formula is C14H14N4O2S. The van der Waals surface area contributed by atoms with Gasteiger partial charge in [0.2, 0.25) is 0 Å². The van der Waals surface area contributed by atoms with Crippen LogP contribution in [0, 0.1) is 6.92 Å². The normalized spacial score (nSPS) is 11.7. The highest BCUT2D eigenvalue weighted by atomic mass is 32.2. The standard InChI is InChI=1S/C14H14N4O2S/c1-9-2-4-12(14-11(9)6-7-16-14)18-21(19,20)10-3-5-13(15)17-8-10/h2-8,16,18H,1H3,(H2,15,17). The van der Waals surface area contributed by atoms with E-state index in [1.165, 1.54) is 18.3 Å². The molecule has 108 valence electrons. The summed E-state index contributed by atoms with van der Waals surface area (Å²) < 4.78 is 27.3. The summed E-state index contributed by atoms with van der Waals surface area (Å²) in [5.74, 6) is 0.274. The van der Waals surface area contributed by atoms with Gasteiger partial charge in [0.15, 0.2) is 0 Å². The van der Waals surface area contributed by atoms with Gasteiger partial charge in [-0.25, -0.2) is 13.4 Å². The lowest BCUT2D eigenvalue weighted by Gasteiger charge is -2.10. The summed E-state index contributed by atoms with van der Waals surface area (Å²) in [5, 5.41) is 0.977. The van der Waals surface area contributed by atoms with Gasteiger partial charge in [0, 0.05) is 17.8 Å². The first-order chi connectivity index (χ1) is 9.97. The van der Waals surface area contributed by atoms with E-state index in [-0.39, 0.29) is 10.7 Å². The second-order valence-corrected chi connectivity index (χ2v) is 6.40. The monoisotopic (exact) mass is 302 g/mol. The predicted molar refractivity (Wildman–Crippen MR) is 82.5 cm³/mol. The molecule has 0 radical (unpaired) electrons. The minimum Gasteiger partial charge on any atom is -0.384 e. The average molecular weight is 302 g/mol. The lowest BCUT2D eigenvalue weighted by molar-refractivity contribution is 0.601. The van der Waals surface area contributed by atoms with Gasteiger partial charge >= 0.3 is 0 Å². The number of rotatable bonds is 3. The first kappa shape index (κ1) is 13.4. The quantitative estimate of drug-likeness (QED) is 0.690. The number of sulfonamides is 1. The van der Waals surface area contributed by atoms with E-state index in [4.69, 9.17) is 5.73 Å². The summed E-state index contributed by atoms with van der Waals surface area (Å²) in [6.45, 7) is 1.97. The number of aryl methyl sites for hydroxylation is 1. The molecule has 0 saturated carbocycles. The van der Waals surface area contributed by atoms with Gasteiger partial charge in [0.1, 0.15) is 10.7 Å². The van der Waals surface area contributed by atoms with E-state index in [1.807, 2.05) is 19.1 Å². The molecule has 0 atom stereocenters. The Balaban J connectivity index is 2.03. The highest BCUT2D eigenvalue weighted by molar-refractivity contribution is 7.92. The highest BCUT2D eigenvalue weighted by Crippen LogP contribution is 2.27. The molecule has 0 unspecified atom stereocenters. The lowest BCUT2D eigenvalue weighted by atomic mass is 10.1. The third kappa shape index (κ3) is 2.43. The number of H-pyrrole nitrogens is 1. The molecule has 0 aliphatic heterocycles. The molecule has 0 aliphatic rings. The fraction of sp³-hybridized carbons (Fsp3) is 0.0714. The van der Waals surface area contributed by atoms with Crippen LogP contribution in [0.1, 0.15) is 5.56 Å². The zero-order valence-corrected chi connectivity index (χ0v) is 12.1. The van der Waals surface area contributed by atoms with E-state index in [0.717, 1.165) is 16.5 Å². The Kier molecular flexibility index (Phi) is 3.06. The molecule has 2 heterocycles. The van der Waals surface area contributed by atoms with Crippen LogP contribution < -0.4 is 10.5 Å². The minimum absolute atomic E-state index is 0.0666. The number of nitrogens with two attached hydrogens (primary N) is 1. The van der Waals surface area contributed by atoms with Crippen LogP contribution in [0.4, 0.5) is 11.5 Å². The Hall–Kier alpha value is -2.54. The zero-order chi connectivity index (χ0) is 15.0. The van der Waals surface area contributed by atoms with E-state index < -0.39 is 10.0 Å². The fourth-order valence-corrected chi connectivity index (χ4v) is 3.16. The SMILES string of the molecule is Cc1ccc(NS(=O)(=O)c2ccc(N)nc2)c2[nH]ccc12. The Bertz CT molecular complexity index is 898. The summed E-state index contributed by atoms with van der Waals surface area (Å²) in [6, 6.07) is 8.39. The van der Waals surface area contributed by atoms with Crippen molar-refractivity contribution in [2.45, 2.75) is 11.8 Å². The Labute approximate surface area is 122 Å². The van der Waals surface area contributed by atoms with Crippen LogP contribution in [0.5, 0.6) is 0 Å². The van der Waals surface area contributed by atoms with Gasteiger partial charge in [-0.05, 0) is 36.8 Å². The Morgan fingerprint density at radius 1 is 1.19 bits per heavy atom. The van der Waals surface area contributed by atoms with Crippen LogP contribution in [-0.4, -0.2) is 18.4 Å². The van der Waals surface area contributed by atoms with Gasteiger partial charge in [-0.15, -0.1) is 0 Å². The summed E-state index contributed by atoms with van der Waals surface area (Å²) in [4.78, 5) is 6.92. The number of hydrogen-bond acceptors (Lipinski definition) is 4. The second-order valence-electron chi connectivity index (χ2n) is 4.72. The van der Waals surface area contributed by atoms with Crippen molar-refractivity contribution in [3.63, 3.8) is 0 Å². The molecule has 3 rings (SSSR count). The van der Waals surface area contributed by atoms with Crippen molar-refractivity contribution in [1.82, 2.24) is 9.97 Å². The van der Waals surface area contributed by atoms with Gasteiger partial charge in [0.05, 0.1) is 11.2 Å². The molecule has 2 aromatic heterocycles. The van der Waals surface area contributed by atoms with Crippen LogP contribution in [0.15, 0.2) is 47.6 Å². The molecular weight excluding hydrogens is 288 g/mol. The number of fused-ring (bicyclic) bond motifs is 1. The van der Waals surface area contributed by atoms with Crippen LogP contribution in [0.3, 0.4) is 0 Å². The maximum Gasteiger partial charge on any atom is 0.263 e. The topological polar surface area (TPSA) is 101 Å². The maximum absolute atomic E-state index is 12.4. The summed E-state index contributed by atoms with van der Waals surface area (Å²) in [6.07, 6.45) is 3.01. The molecule has 4 N–H and O–H groups in total. The number of hydrogen-bond donors (Lipinski definition) is 3. The molecule has 0 spiro atoms. The number of aromatic amines is 1. The first-order valence-corrected chi connectivity index (χ1v) is 7.77. The molecule has 0 aliphatic carbocycles. The van der Waals surface area contributed by atoms with Crippen molar-refractivity contribution < 1.29 is 8.42 Å². The highest BCUT2D eigenvalue weighted by Gasteiger charge is 2.16. The third-order valence-corrected chi connectivity index (χ3v) is 4.61. The van der Waals surface area contributed by atoms with Gasteiger partial charge in [0.25, 0.3) is 10.0 Å². The van der Waals surface area contributed by atoms with Crippen LogP contribution in [-0.2, 0) is 10.0 Å². The Morgan fingerprint density at radius 3 is 2.71 bits per heavy atom. The number of benzene rings is 1. The van der Waals surface area contributed by atoms with Crippen molar-refractivity contribution in [3.8, 4) is 0 Å². The molecule has 21 heavy (non-hydrogen) atoms. The van der Waals surface area contributed by atoms with Crippen molar-refractivity contribution in [1.29, 1.82) is 0 Å². The molecule has 0 saturated heterocycles. The van der Waals surface area contributed by atoms with E-state index in [0.29, 0.717) is 5.69 Å². The molecule has 0 bridgehead atoms. The molecule has 1 aromatic carbocycles. The lowest BCUT2D eigenvalue weighted by Crippen LogP contribution is -2.13. The van der Waals surface area contributed by atoms with Gasteiger partial charge in [-0.2, -0.15) is 0 Å². The number of nitrogens with zero attached hydrogens (tertiary/aromatic N) is 1. The van der Waals surface area contributed by atoms with E-state index in [9.17, 15) is 8.42 Å². The predicted octanol–water partition coefficient (Wildman–Crippen LogP) is 2.25. The third-order valence-electron chi connectivity index (χ3n) is 3.26. The van der Waals surface area contributed by atoms with Gasteiger partial charge < -0.3 is 10.7 Å². The fourth-order valence-electron chi connectivity index (χ4n) is 2.14. The smallest absolute Gasteiger partial charge is 0.263 e. The van der Waals surface area contributed by atoms with Crippen molar-refractivity contribution in [2.75, 3.05) is 10.5 Å². The number of nitrogen functional groups attached to an aromatic ring is 1. The van der Waals surface area contributed by atoms with E-state index in [2.05, 4.69) is 14.7 Å². The largest absolute Gasteiger partial charge is 0.384 e. The zero-order valence-electron chi connectivity index (χ0n) is 11.3. The molecule has 0 fully saturated rings. The molecule has 7 heteroatoms. The summed E-state index contributed by atoms with van der Waals surface area (Å²) in [5.41, 5.74) is 7.79.